The average molecular weight is 260 g/mol. The fraction of sp³-hybridized carbons (Fsp3) is 0.417. The Labute approximate surface area is 110 Å². The van der Waals surface area contributed by atoms with E-state index >= 15 is 0 Å². The van der Waals surface area contributed by atoms with Crippen LogP contribution in [0.3, 0.4) is 0 Å². The quantitative estimate of drug-likeness (QED) is 0.746. The van der Waals surface area contributed by atoms with E-state index in [0.29, 0.717) is 18.2 Å². The lowest BCUT2D eigenvalue weighted by Crippen LogP contribution is -2.25. The summed E-state index contributed by atoms with van der Waals surface area (Å²) in [6.45, 7) is 0.403. The molecule has 100 valence electrons. The van der Waals surface area contributed by atoms with Gasteiger partial charge in [-0.1, -0.05) is 0 Å². The van der Waals surface area contributed by atoms with Crippen molar-refractivity contribution in [3.63, 3.8) is 0 Å². The molecule has 0 bridgehead atoms. The fourth-order valence-electron chi connectivity index (χ4n) is 2.05. The summed E-state index contributed by atoms with van der Waals surface area (Å²) in [6.07, 6.45) is 3.92. The van der Waals surface area contributed by atoms with E-state index in [4.69, 9.17) is 5.73 Å². The molecule has 1 aliphatic rings. The van der Waals surface area contributed by atoms with E-state index in [0.717, 1.165) is 24.2 Å². The largest absolute Gasteiger partial charge is 0.395 e. The predicted molar refractivity (Wildman–Crippen MR) is 69.4 cm³/mol. The number of nitrogen functional groups attached to an aromatic ring is 1. The van der Waals surface area contributed by atoms with Crippen molar-refractivity contribution >= 4 is 11.6 Å². The zero-order valence-corrected chi connectivity index (χ0v) is 10.7. The summed E-state index contributed by atoms with van der Waals surface area (Å²) in [7, 11) is 1.83. The lowest BCUT2D eigenvalue weighted by Gasteiger charge is -2.04. The van der Waals surface area contributed by atoms with Gasteiger partial charge in [-0.05, 0) is 18.9 Å². The number of amides is 1. The maximum Gasteiger partial charge on any atom is 0.274 e. The van der Waals surface area contributed by atoms with Gasteiger partial charge < -0.3 is 11.1 Å². The first kappa shape index (κ1) is 11.8. The number of carbonyl (C=O) groups is 1. The molecule has 2 heterocycles. The van der Waals surface area contributed by atoms with Crippen LogP contribution in [0.4, 0.5) is 5.69 Å². The first-order valence-electron chi connectivity index (χ1n) is 6.25. The molecule has 4 N–H and O–H groups in total. The van der Waals surface area contributed by atoms with Crippen molar-refractivity contribution < 1.29 is 4.79 Å². The van der Waals surface area contributed by atoms with E-state index in [1.54, 1.807) is 10.9 Å². The van der Waals surface area contributed by atoms with Crippen LogP contribution in [0.25, 0.3) is 0 Å². The molecule has 2 aromatic rings. The maximum atomic E-state index is 12.0. The van der Waals surface area contributed by atoms with Crippen LogP contribution in [0.1, 0.15) is 40.6 Å². The molecular formula is C12H16N6O. The molecule has 1 amide bonds. The molecule has 7 nitrogen and oxygen atoms in total. The van der Waals surface area contributed by atoms with E-state index in [-0.39, 0.29) is 11.6 Å². The molecule has 1 fully saturated rings. The van der Waals surface area contributed by atoms with Crippen LogP contribution < -0.4 is 11.1 Å². The smallest absolute Gasteiger partial charge is 0.274 e. The first-order chi connectivity index (χ1) is 9.16. The third kappa shape index (κ3) is 2.18. The van der Waals surface area contributed by atoms with E-state index in [1.807, 2.05) is 13.1 Å². The van der Waals surface area contributed by atoms with Gasteiger partial charge in [0.1, 0.15) is 0 Å². The summed E-state index contributed by atoms with van der Waals surface area (Å²) in [5.74, 6) is 0.188. The number of aromatic nitrogens is 4. The first-order valence-corrected chi connectivity index (χ1v) is 6.25. The lowest BCUT2D eigenvalue weighted by molar-refractivity contribution is 0.0946. The highest BCUT2D eigenvalue weighted by Crippen LogP contribution is 2.42. The van der Waals surface area contributed by atoms with Gasteiger partial charge in [0.2, 0.25) is 0 Å². The Bertz CT molecular complexity index is 610. The topological polar surface area (TPSA) is 102 Å². The minimum atomic E-state index is -0.262. The van der Waals surface area contributed by atoms with Crippen molar-refractivity contribution in [1.29, 1.82) is 0 Å². The van der Waals surface area contributed by atoms with Gasteiger partial charge in [-0.3, -0.25) is 14.6 Å². The Kier molecular flexibility index (Phi) is 2.73. The van der Waals surface area contributed by atoms with Crippen LogP contribution in [0.15, 0.2) is 12.3 Å². The number of nitrogens with one attached hydrogen (secondary N) is 2. The Morgan fingerprint density at radius 2 is 2.42 bits per heavy atom. The minimum Gasteiger partial charge on any atom is -0.395 e. The Morgan fingerprint density at radius 1 is 1.63 bits per heavy atom. The van der Waals surface area contributed by atoms with Gasteiger partial charge in [0, 0.05) is 19.2 Å². The van der Waals surface area contributed by atoms with Crippen LogP contribution >= 0.6 is 0 Å². The molecule has 3 rings (SSSR count). The van der Waals surface area contributed by atoms with Crippen LogP contribution in [0.5, 0.6) is 0 Å². The zero-order valence-electron chi connectivity index (χ0n) is 10.7. The number of hydrogen-bond acceptors (Lipinski definition) is 4. The van der Waals surface area contributed by atoms with Crippen molar-refractivity contribution in [2.24, 2.45) is 7.05 Å². The third-order valence-electron chi connectivity index (χ3n) is 3.39. The number of aryl methyl sites for hydroxylation is 1. The number of anilines is 1. The molecule has 0 aliphatic heterocycles. The van der Waals surface area contributed by atoms with Crippen molar-refractivity contribution in [2.75, 3.05) is 5.73 Å². The number of nitrogens with zero attached hydrogens (tertiary/aromatic N) is 3. The molecule has 2 aromatic heterocycles. The fourth-order valence-corrected chi connectivity index (χ4v) is 2.05. The summed E-state index contributed by atoms with van der Waals surface area (Å²) < 4.78 is 1.71. The van der Waals surface area contributed by atoms with Gasteiger partial charge in [0.05, 0.1) is 23.6 Å². The standard InChI is InChI=1S/C12H16N6O/c1-18-8(4-5-15-18)6-14-12(19)11-9(13)10(16-17-11)7-2-3-7/h4-5,7H,2-3,6,13H2,1H3,(H,14,19)(H,16,17). The summed E-state index contributed by atoms with van der Waals surface area (Å²) in [5.41, 5.74) is 8.53. The maximum absolute atomic E-state index is 12.0. The van der Waals surface area contributed by atoms with Crippen molar-refractivity contribution in [3.8, 4) is 0 Å². The van der Waals surface area contributed by atoms with E-state index in [1.165, 1.54) is 0 Å². The second-order valence-electron chi connectivity index (χ2n) is 4.80. The number of aromatic amines is 1. The highest BCUT2D eigenvalue weighted by Gasteiger charge is 2.30. The summed E-state index contributed by atoms with van der Waals surface area (Å²) >= 11 is 0. The molecule has 19 heavy (non-hydrogen) atoms. The second kappa shape index (κ2) is 4.42. The van der Waals surface area contributed by atoms with Gasteiger partial charge in [-0.15, -0.1) is 0 Å². The van der Waals surface area contributed by atoms with Crippen LogP contribution in [-0.2, 0) is 13.6 Å². The van der Waals surface area contributed by atoms with Gasteiger partial charge in [-0.2, -0.15) is 10.2 Å². The van der Waals surface area contributed by atoms with Crippen molar-refractivity contribution in [2.45, 2.75) is 25.3 Å². The monoisotopic (exact) mass is 260 g/mol. The zero-order chi connectivity index (χ0) is 13.4. The molecule has 0 aromatic carbocycles. The van der Waals surface area contributed by atoms with Crippen LogP contribution in [0, 0.1) is 0 Å². The Balaban J connectivity index is 1.68. The molecule has 1 aliphatic carbocycles. The Morgan fingerprint density at radius 3 is 3.05 bits per heavy atom. The molecule has 0 atom stereocenters. The van der Waals surface area contributed by atoms with Gasteiger partial charge >= 0.3 is 0 Å². The molecule has 7 heteroatoms. The number of rotatable bonds is 4. The van der Waals surface area contributed by atoms with Gasteiger partial charge in [0.15, 0.2) is 5.69 Å². The van der Waals surface area contributed by atoms with Crippen molar-refractivity contribution in [1.82, 2.24) is 25.3 Å². The molecule has 0 saturated heterocycles. The number of H-pyrrole nitrogens is 1. The number of carbonyl (C=O) groups excluding carboxylic acids is 1. The van der Waals surface area contributed by atoms with Gasteiger partial charge in [0.25, 0.3) is 5.91 Å². The number of nitrogens with two attached hydrogens (primary N) is 1. The highest BCUT2D eigenvalue weighted by atomic mass is 16.1. The number of hydrogen-bond donors (Lipinski definition) is 3. The summed E-state index contributed by atoms with van der Waals surface area (Å²) in [4.78, 5) is 12.0. The normalized spacial score (nSPS) is 14.6. The van der Waals surface area contributed by atoms with E-state index in [2.05, 4.69) is 20.6 Å². The van der Waals surface area contributed by atoms with E-state index < -0.39 is 0 Å². The lowest BCUT2D eigenvalue weighted by atomic mass is 10.2. The molecule has 0 unspecified atom stereocenters. The van der Waals surface area contributed by atoms with Gasteiger partial charge in [-0.25, -0.2) is 0 Å². The molecule has 0 radical (unpaired) electrons. The summed E-state index contributed by atoms with van der Waals surface area (Å²) in [5, 5.41) is 13.7. The SMILES string of the molecule is Cn1nccc1CNC(=O)c1n[nH]c(C2CC2)c1N. The Hall–Kier alpha value is -2.31. The average Bonchev–Trinajstić information content (AvgIpc) is 3.04. The van der Waals surface area contributed by atoms with Crippen LogP contribution in [-0.4, -0.2) is 25.9 Å². The van der Waals surface area contributed by atoms with E-state index in [9.17, 15) is 4.79 Å². The minimum absolute atomic E-state index is 0.262. The predicted octanol–water partition coefficient (Wildman–Crippen LogP) is 0.533. The van der Waals surface area contributed by atoms with Crippen molar-refractivity contribution in [3.05, 3.63) is 29.3 Å². The van der Waals surface area contributed by atoms with Crippen LogP contribution in [0.2, 0.25) is 0 Å². The third-order valence-corrected chi connectivity index (χ3v) is 3.39. The molecule has 0 spiro atoms. The highest BCUT2D eigenvalue weighted by molar-refractivity contribution is 5.97. The summed E-state index contributed by atoms with van der Waals surface area (Å²) in [6, 6.07) is 1.85. The second-order valence-corrected chi connectivity index (χ2v) is 4.80. The molecular weight excluding hydrogens is 244 g/mol. The molecule has 1 saturated carbocycles.